The Morgan fingerprint density at radius 1 is 1.47 bits per heavy atom. The fourth-order valence-corrected chi connectivity index (χ4v) is 3.50. The van der Waals surface area contributed by atoms with Crippen molar-refractivity contribution in [2.45, 2.75) is 26.2 Å². The topological polar surface area (TPSA) is 67.7 Å². The van der Waals surface area contributed by atoms with E-state index in [4.69, 9.17) is 11.3 Å². The third-order valence-electron chi connectivity index (χ3n) is 2.99. The smallest absolute Gasteiger partial charge is 0.155 e. The maximum Gasteiger partial charge on any atom is 0.155 e. The van der Waals surface area contributed by atoms with E-state index in [-0.39, 0.29) is 0 Å². The largest absolute Gasteiger partial charge is 0.336 e. The predicted molar refractivity (Wildman–Crippen MR) is 60.4 cm³/mol. The van der Waals surface area contributed by atoms with Gasteiger partial charge < -0.3 is 5.84 Å². The van der Waals surface area contributed by atoms with Crippen LogP contribution in [0.3, 0.4) is 0 Å². The van der Waals surface area contributed by atoms with Crippen molar-refractivity contribution in [3.8, 4) is 0 Å². The summed E-state index contributed by atoms with van der Waals surface area (Å²) in [7, 11) is 0. The van der Waals surface area contributed by atoms with Crippen LogP contribution in [-0.4, -0.2) is 9.66 Å². The number of rotatable bonds is 0. The lowest BCUT2D eigenvalue weighted by molar-refractivity contribution is 0.816. The zero-order valence-corrected chi connectivity index (χ0v) is 9.32. The number of thiophene rings is 1. The summed E-state index contributed by atoms with van der Waals surface area (Å²) in [6, 6.07) is 0. The van der Waals surface area contributed by atoms with Gasteiger partial charge in [0.2, 0.25) is 0 Å². The van der Waals surface area contributed by atoms with E-state index in [1.807, 2.05) is 6.92 Å². The zero-order chi connectivity index (χ0) is 10.6. The van der Waals surface area contributed by atoms with Crippen molar-refractivity contribution >= 4 is 21.6 Å². The van der Waals surface area contributed by atoms with Crippen molar-refractivity contribution in [3.05, 3.63) is 21.8 Å². The van der Waals surface area contributed by atoms with Crippen LogP contribution in [0.25, 0.3) is 10.2 Å². The first-order valence-electron chi connectivity index (χ1n) is 5.02. The molecule has 5 heteroatoms. The summed E-state index contributed by atoms with van der Waals surface area (Å²) in [6.07, 6.45) is 3.42. The number of hydrogen-bond acceptors (Lipinski definition) is 4. The van der Waals surface area contributed by atoms with Gasteiger partial charge in [-0.1, -0.05) is 0 Å². The summed E-state index contributed by atoms with van der Waals surface area (Å²) in [6.45, 7) is 1.84. The number of nitrogens with one attached hydrogen (secondary N) is 1. The molecular formula is C10H12N4S. The number of nitrogens with zero attached hydrogens (tertiary/aromatic N) is 2. The highest BCUT2D eigenvalue weighted by atomic mass is 32.1. The van der Waals surface area contributed by atoms with Crippen LogP contribution in [0, 0.1) is 12.3 Å². The van der Waals surface area contributed by atoms with Crippen molar-refractivity contribution in [1.82, 2.24) is 9.66 Å². The van der Waals surface area contributed by atoms with Crippen LogP contribution in [0.1, 0.15) is 22.7 Å². The minimum Gasteiger partial charge on any atom is -0.336 e. The average molecular weight is 220 g/mol. The van der Waals surface area contributed by atoms with Crippen molar-refractivity contribution in [2.24, 2.45) is 0 Å². The quantitative estimate of drug-likeness (QED) is 0.652. The van der Waals surface area contributed by atoms with E-state index in [0.717, 1.165) is 23.1 Å². The van der Waals surface area contributed by atoms with Gasteiger partial charge in [0.1, 0.15) is 10.7 Å². The molecule has 0 spiro atoms. The van der Waals surface area contributed by atoms with E-state index in [0.29, 0.717) is 11.3 Å². The Hall–Kier alpha value is -1.36. The summed E-state index contributed by atoms with van der Waals surface area (Å²) in [4.78, 5) is 6.81. The summed E-state index contributed by atoms with van der Waals surface area (Å²) in [5.74, 6) is 6.47. The maximum atomic E-state index is 8.02. The van der Waals surface area contributed by atoms with E-state index in [1.54, 1.807) is 11.3 Å². The van der Waals surface area contributed by atoms with Gasteiger partial charge in [-0.25, -0.2) is 9.66 Å². The van der Waals surface area contributed by atoms with Crippen LogP contribution < -0.4 is 11.3 Å². The van der Waals surface area contributed by atoms with Crippen LogP contribution in [0.2, 0.25) is 0 Å². The number of nitrogens with two attached hydrogens (primary N) is 1. The minimum atomic E-state index is 0.400. The van der Waals surface area contributed by atoms with Gasteiger partial charge >= 0.3 is 0 Å². The zero-order valence-electron chi connectivity index (χ0n) is 8.50. The Kier molecular flexibility index (Phi) is 1.68. The number of aryl methyl sites for hydroxylation is 3. The summed E-state index contributed by atoms with van der Waals surface area (Å²) in [5.41, 5.74) is 1.71. The third-order valence-corrected chi connectivity index (χ3v) is 4.18. The lowest BCUT2D eigenvalue weighted by atomic mass is 10.2. The molecular weight excluding hydrogens is 208 g/mol. The Labute approximate surface area is 90.9 Å². The molecule has 4 nitrogen and oxygen atoms in total. The van der Waals surface area contributed by atoms with Gasteiger partial charge in [-0.3, -0.25) is 5.41 Å². The van der Waals surface area contributed by atoms with E-state index in [9.17, 15) is 0 Å². The van der Waals surface area contributed by atoms with Crippen LogP contribution in [0.15, 0.2) is 0 Å². The van der Waals surface area contributed by atoms with Crippen LogP contribution in [0.4, 0.5) is 0 Å². The molecule has 0 fully saturated rings. The van der Waals surface area contributed by atoms with Crippen molar-refractivity contribution in [2.75, 3.05) is 5.84 Å². The van der Waals surface area contributed by atoms with Gasteiger partial charge in [0.05, 0.1) is 5.39 Å². The van der Waals surface area contributed by atoms with Gasteiger partial charge in [0.15, 0.2) is 5.49 Å². The highest BCUT2D eigenvalue weighted by Crippen LogP contribution is 2.34. The molecule has 2 aromatic heterocycles. The highest BCUT2D eigenvalue weighted by Gasteiger charge is 2.20. The molecule has 78 valence electrons. The van der Waals surface area contributed by atoms with Crippen molar-refractivity contribution < 1.29 is 0 Å². The van der Waals surface area contributed by atoms with E-state index >= 15 is 0 Å². The van der Waals surface area contributed by atoms with Gasteiger partial charge in [-0.2, -0.15) is 0 Å². The van der Waals surface area contributed by atoms with E-state index < -0.39 is 0 Å². The standard InChI is InChI=1S/C10H12N4S/c1-5-13-10-8(9(11)14(5)12)6-3-2-4-7(6)15-10/h11H,2-4,12H2,1H3. The molecule has 15 heavy (non-hydrogen) atoms. The van der Waals surface area contributed by atoms with Gasteiger partial charge in [0.25, 0.3) is 0 Å². The number of hydrogen-bond donors (Lipinski definition) is 2. The number of fused-ring (bicyclic) bond motifs is 3. The predicted octanol–water partition coefficient (Wildman–Crippen LogP) is 1.09. The second-order valence-electron chi connectivity index (χ2n) is 3.92. The van der Waals surface area contributed by atoms with Gasteiger partial charge in [-0.15, -0.1) is 11.3 Å². The lowest BCUT2D eigenvalue weighted by Gasteiger charge is -2.04. The third kappa shape index (κ3) is 1.07. The maximum absolute atomic E-state index is 8.02. The van der Waals surface area contributed by atoms with Gasteiger partial charge in [-0.05, 0) is 31.7 Å². The Morgan fingerprint density at radius 3 is 3.07 bits per heavy atom. The van der Waals surface area contributed by atoms with Crippen LogP contribution in [-0.2, 0) is 12.8 Å². The first-order chi connectivity index (χ1) is 7.18. The lowest BCUT2D eigenvalue weighted by Crippen LogP contribution is -2.30. The fraction of sp³-hybridized carbons (Fsp3) is 0.400. The van der Waals surface area contributed by atoms with Crippen molar-refractivity contribution in [1.29, 1.82) is 5.41 Å². The van der Waals surface area contributed by atoms with Crippen LogP contribution >= 0.6 is 11.3 Å². The van der Waals surface area contributed by atoms with E-state index in [2.05, 4.69) is 4.98 Å². The molecule has 2 aromatic rings. The molecule has 0 aromatic carbocycles. The van der Waals surface area contributed by atoms with Crippen LogP contribution in [0.5, 0.6) is 0 Å². The molecule has 0 atom stereocenters. The monoisotopic (exact) mass is 220 g/mol. The van der Waals surface area contributed by atoms with Gasteiger partial charge in [0, 0.05) is 4.88 Å². The average Bonchev–Trinajstić information content (AvgIpc) is 2.73. The second kappa shape index (κ2) is 2.82. The fourth-order valence-electron chi connectivity index (χ4n) is 2.20. The van der Waals surface area contributed by atoms with E-state index in [1.165, 1.54) is 21.5 Å². The Morgan fingerprint density at radius 2 is 2.27 bits per heavy atom. The highest BCUT2D eigenvalue weighted by molar-refractivity contribution is 7.18. The molecule has 2 heterocycles. The molecule has 3 N–H and O–H groups in total. The molecule has 1 aliphatic carbocycles. The Balaban J connectivity index is 2.52. The molecule has 0 amide bonds. The second-order valence-corrected chi connectivity index (χ2v) is 5.00. The molecule has 0 saturated heterocycles. The molecule has 0 unspecified atom stereocenters. The first-order valence-corrected chi connectivity index (χ1v) is 5.83. The molecule has 0 bridgehead atoms. The molecule has 0 aliphatic heterocycles. The summed E-state index contributed by atoms with van der Waals surface area (Å²) in [5, 5.41) is 8.99. The molecule has 3 rings (SSSR count). The Bertz CT molecular complexity index is 608. The van der Waals surface area contributed by atoms with Crippen molar-refractivity contribution in [3.63, 3.8) is 0 Å². The normalized spacial score (nSPS) is 14.7. The molecule has 1 aliphatic rings. The number of nitrogen functional groups attached to an aromatic ring is 1. The first kappa shape index (κ1) is 8.91. The molecule has 0 saturated carbocycles. The summed E-state index contributed by atoms with van der Waals surface area (Å²) < 4.78 is 1.37. The minimum absolute atomic E-state index is 0.400. The molecule has 0 radical (unpaired) electrons. The SMILES string of the molecule is Cc1nc2sc3c(c2c(=N)n1N)CCC3. The number of aromatic nitrogens is 2. The summed E-state index contributed by atoms with van der Waals surface area (Å²) >= 11 is 1.72.